The number of benzene rings is 1. The van der Waals surface area contributed by atoms with Gasteiger partial charge in [0.05, 0.1) is 7.11 Å². The van der Waals surface area contributed by atoms with Gasteiger partial charge in [0, 0.05) is 6.54 Å². The van der Waals surface area contributed by atoms with Crippen LogP contribution in [0, 0.1) is 5.92 Å². The van der Waals surface area contributed by atoms with Crippen molar-refractivity contribution in [2.45, 2.75) is 25.4 Å². The van der Waals surface area contributed by atoms with Gasteiger partial charge < -0.3 is 15.2 Å². The Hall–Kier alpha value is -1.81. The average molecular weight is 275 g/mol. The minimum Gasteiger partial charge on any atom is -0.497 e. The minimum absolute atomic E-state index is 0.354. The van der Waals surface area contributed by atoms with Gasteiger partial charge in [-0.2, -0.15) is 0 Å². The Morgan fingerprint density at radius 1 is 1.50 bits per heavy atom. The van der Waals surface area contributed by atoms with Crippen LogP contribution in [0.5, 0.6) is 5.75 Å². The Morgan fingerprint density at radius 2 is 2.35 bits per heavy atom. The summed E-state index contributed by atoms with van der Waals surface area (Å²) in [5.74, 6) is 0.751. The van der Waals surface area contributed by atoms with Gasteiger partial charge >= 0.3 is 0 Å². The van der Waals surface area contributed by atoms with Crippen LogP contribution in [0.2, 0.25) is 0 Å². The van der Waals surface area contributed by atoms with Gasteiger partial charge in [0.15, 0.2) is 6.10 Å². The molecule has 0 saturated carbocycles. The molecule has 0 saturated heterocycles. The molecule has 1 aliphatic rings. The largest absolute Gasteiger partial charge is 0.497 e. The first-order valence-electron chi connectivity index (χ1n) is 6.95. The van der Waals surface area contributed by atoms with Crippen LogP contribution >= 0.6 is 0 Å². The number of ether oxygens (including phenoxy) is 1. The Kier molecular flexibility index (Phi) is 5.18. The third kappa shape index (κ3) is 3.84. The first-order chi connectivity index (χ1) is 9.70. The van der Waals surface area contributed by atoms with Crippen LogP contribution in [0.4, 0.5) is 0 Å². The molecule has 1 amide bonds. The number of hydrogen-bond donors (Lipinski definition) is 2. The van der Waals surface area contributed by atoms with E-state index in [-0.39, 0.29) is 5.91 Å². The molecule has 0 aromatic heterocycles. The zero-order valence-corrected chi connectivity index (χ0v) is 11.7. The van der Waals surface area contributed by atoms with E-state index in [4.69, 9.17) is 4.74 Å². The Morgan fingerprint density at radius 3 is 3.05 bits per heavy atom. The zero-order chi connectivity index (χ0) is 14.4. The molecule has 2 N–H and O–H groups in total. The van der Waals surface area contributed by atoms with Crippen LogP contribution < -0.4 is 10.1 Å². The first kappa shape index (κ1) is 14.6. The fourth-order valence-electron chi connectivity index (χ4n) is 2.35. The van der Waals surface area contributed by atoms with Crippen LogP contribution in [0.25, 0.3) is 0 Å². The summed E-state index contributed by atoms with van der Waals surface area (Å²) in [5, 5.41) is 12.9. The van der Waals surface area contributed by atoms with Gasteiger partial charge in [0.2, 0.25) is 0 Å². The summed E-state index contributed by atoms with van der Waals surface area (Å²) in [6.07, 6.45) is 6.33. The van der Waals surface area contributed by atoms with Gasteiger partial charge in [-0.25, -0.2) is 0 Å². The predicted molar refractivity (Wildman–Crippen MR) is 77.4 cm³/mol. The van der Waals surface area contributed by atoms with Crippen molar-refractivity contribution in [1.29, 1.82) is 0 Å². The Labute approximate surface area is 119 Å². The third-order valence-electron chi connectivity index (χ3n) is 3.60. The molecule has 1 aromatic rings. The quantitative estimate of drug-likeness (QED) is 0.810. The molecule has 108 valence electrons. The second kappa shape index (κ2) is 7.10. The number of nitrogens with one attached hydrogen (secondary N) is 1. The SMILES string of the molecule is COc1cccc([C@@H](O)C(=O)NC[C@H]2CC=CCC2)c1. The number of rotatable bonds is 5. The number of aliphatic hydroxyl groups is 1. The lowest BCUT2D eigenvalue weighted by Gasteiger charge is -2.19. The number of hydrogen-bond acceptors (Lipinski definition) is 3. The molecule has 20 heavy (non-hydrogen) atoms. The van der Waals surface area contributed by atoms with Gasteiger partial charge in [-0.05, 0) is 42.9 Å². The number of amides is 1. The Bertz CT molecular complexity index is 484. The summed E-state index contributed by atoms with van der Waals surface area (Å²) in [6, 6.07) is 6.93. The topological polar surface area (TPSA) is 58.6 Å². The molecule has 1 aliphatic carbocycles. The van der Waals surface area contributed by atoms with Gasteiger partial charge in [0.25, 0.3) is 5.91 Å². The standard InChI is InChI=1S/C16H21NO3/c1-20-14-9-5-8-13(10-14)15(18)16(19)17-11-12-6-3-2-4-7-12/h2-3,5,8-10,12,15,18H,4,6-7,11H2,1H3,(H,17,19)/t12-,15+/m0/s1. The van der Waals surface area contributed by atoms with Gasteiger partial charge in [-0.3, -0.25) is 4.79 Å². The highest BCUT2D eigenvalue weighted by atomic mass is 16.5. The van der Waals surface area contributed by atoms with E-state index in [1.54, 1.807) is 31.4 Å². The number of aliphatic hydroxyl groups excluding tert-OH is 1. The van der Waals surface area contributed by atoms with Crippen LogP contribution in [0.1, 0.15) is 30.9 Å². The molecule has 0 fully saturated rings. The lowest BCUT2D eigenvalue weighted by Crippen LogP contribution is -2.33. The summed E-state index contributed by atoms with van der Waals surface area (Å²) < 4.78 is 5.09. The second-order valence-corrected chi connectivity index (χ2v) is 5.07. The molecule has 0 spiro atoms. The average Bonchev–Trinajstić information content (AvgIpc) is 2.53. The van der Waals surface area contributed by atoms with E-state index in [9.17, 15) is 9.90 Å². The number of allylic oxidation sites excluding steroid dienone is 2. The van der Waals surface area contributed by atoms with E-state index < -0.39 is 6.10 Å². The zero-order valence-electron chi connectivity index (χ0n) is 11.7. The maximum absolute atomic E-state index is 12.0. The van der Waals surface area contributed by atoms with E-state index in [0.717, 1.165) is 19.3 Å². The predicted octanol–water partition coefficient (Wildman–Crippen LogP) is 2.20. The molecule has 4 nitrogen and oxygen atoms in total. The maximum atomic E-state index is 12.0. The highest BCUT2D eigenvalue weighted by molar-refractivity contribution is 5.82. The molecule has 1 aromatic carbocycles. The number of carbonyl (C=O) groups excluding carboxylic acids is 1. The van der Waals surface area contributed by atoms with Crippen molar-refractivity contribution >= 4 is 5.91 Å². The summed E-state index contributed by atoms with van der Waals surface area (Å²) in [5.41, 5.74) is 0.547. The van der Waals surface area contributed by atoms with E-state index in [1.165, 1.54) is 0 Å². The van der Waals surface area contributed by atoms with E-state index in [0.29, 0.717) is 23.8 Å². The summed E-state index contributed by atoms with van der Waals surface area (Å²) in [4.78, 5) is 12.0. The molecule has 0 radical (unpaired) electrons. The van der Waals surface area contributed by atoms with Crippen LogP contribution in [0.3, 0.4) is 0 Å². The van der Waals surface area contributed by atoms with Gasteiger partial charge in [0.1, 0.15) is 5.75 Å². The fourth-order valence-corrected chi connectivity index (χ4v) is 2.35. The molecule has 4 heteroatoms. The van der Waals surface area contributed by atoms with Gasteiger partial charge in [-0.15, -0.1) is 0 Å². The van der Waals surface area contributed by atoms with Crippen molar-refractivity contribution in [2.24, 2.45) is 5.92 Å². The normalized spacial score (nSPS) is 19.4. The van der Waals surface area contributed by atoms with Crippen molar-refractivity contribution in [3.63, 3.8) is 0 Å². The summed E-state index contributed by atoms with van der Waals surface area (Å²) in [7, 11) is 1.56. The summed E-state index contributed by atoms with van der Waals surface area (Å²) >= 11 is 0. The van der Waals surface area contributed by atoms with Crippen molar-refractivity contribution in [2.75, 3.05) is 13.7 Å². The smallest absolute Gasteiger partial charge is 0.253 e. The van der Waals surface area contributed by atoms with E-state index in [1.807, 2.05) is 0 Å². The van der Waals surface area contributed by atoms with Crippen molar-refractivity contribution in [3.05, 3.63) is 42.0 Å². The molecule has 2 atom stereocenters. The van der Waals surface area contributed by atoms with E-state index in [2.05, 4.69) is 17.5 Å². The molecule has 0 aliphatic heterocycles. The van der Waals surface area contributed by atoms with Crippen LogP contribution in [0.15, 0.2) is 36.4 Å². The first-order valence-corrected chi connectivity index (χ1v) is 6.95. The lowest BCUT2D eigenvalue weighted by molar-refractivity contribution is -0.129. The summed E-state index contributed by atoms with van der Waals surface area (Å²) in [6.45, 7) is 0.615. The highest BCUT2D eigenvalue weighted by Gasteiger charge is 2.19. The molecular weight excluding hydrogens is 254 g/mol. The minimum atomic E-state index is -1.15. The number of carbonyl (C=O) groups is 1. The van der Waals surface area contributed by atoms with Crippen molar-refractivity contribution < 1.29 is 14.6 Å². The third-order valence-corrected chi connectivity index (χ3v) is 3.60. The monoisotopic (exact) mass is 275 g/mol. The lowest BCUT2D eigenvalue weighted by atomic mass is 9.94. The van der Waals surface area contributed by atoms with E-state index >= 15 is 0 Å². The molecule has 0 heterocycles. The van der Waals surface area contributed by atoms with Crippen LogP contribution in [-0.4, -0.2) is 24.7 Å². The molecular formula is C16H21NO3. The second-order valence-electron chi connectivity index (χ2n) is 5.07. The molecule has 2 rings (SSSR count). The van der Waals surface area contributed by atoms with Gasteiger partial charge in [-0.1, -0.05) is 24.3 Å². The maximum Gasteiger partial charge on any atom is 0.253 e. The Balaban J connectivity index is 1.89. The fraction of sp³-hybridized carbons (Fsp3) is 0.438. The molecule has 0 unspecified atom stereocenters. The highest BCUT2D eigenvalue weighted by Crippen LogP contribution is 2.20. The van der Waals surface area contributed by atoms with Crippen molar-refractivity contribution in [3.8, 4) is 5.75 Å². The van der Waals surface area contributed by atoms with Crippen molar-refractivity contribution in [1.82, 2.24) is 5.32 Å². The number of methoxy groups -OCH3 is 1. The van der Waals surface area contributed by atoms with Crippen LogP contribution in [-0.2, 0) is 4.79 Å². The molecule has 0 bridgehead atoms.